The summed E-state index contributed by atoms with van der Waals surface area (Å²) in [6.45, 7) is 4.18. The van der Waals surface area contributed by atoms with Crippen molar-refractivity contribution in [2.75, 3.05) is 32.1 Å². The molecule has 5 heteroatoms. The zero-order chi connectivity index (χ0) is 14.6. The van der Waals surface area contributed by atoms with Gasteiger partial charge in [0.1, 0.15) is 0 Å². The first kappa shape index (κ1) is 15.5. The Hall–Kier alpha value is -0.910. The van der Waals surface area contributed by atoms with E-state index >= 15 is 0 Å². The van der Waals surface area contributed by atoms with Gasteiger partial charge in [0.05, 0.1) is 17.7 Å². The fraction of sp³-hybridized carbons (Fsp3) is 0.533. The van der Waals surface area contributed by atoms with Gasteiger partial charge < -0.3 is 15.4 Å². The quantitative estimate of drug-likeness (QED) is 0.885. The average molecular weight is 341 g/mol. The predicted octanol–water partition coefficient (Wildman–Crippen LogP) is 2.71. The van der Waals surface area contributed by atoms with Gasteiger partial charge in [0, 0.05) is 11.6 Å². The van der Waals surface area contributed by atoms with Crippen molar-refractivity contribution in [3.63, 3.8) is 0 Å². The number of hydrogen-bond donors (Lipinski definition) is 2. The van der Waals surface area contributed by atoms with Crippen LogP contribution in [0.4, 0.5) is 5.69 Å². The summed E-state index contributed by atoms with van der Waals surface area (Å²) in [5.41, 5.74) is 1.50. The van der Waals surface area contributed by atoms with E-state index in [-0.39, 0.29) is 5.91 Å². The molecule has 0 bridgehead atoms. The maximum Gasteiger partial charge on any atom is 0.233 e. The Bertz CT molecular complexity index is 479. The van der Waals surface area contributed by atoms with Gasteiger partial charge in [-0.1, -0.05) is 12.1 Å². The van der Waals surface area contributed by atoms with Gasteiger partial charge in [-0.25, -0.2) is 0 Å². The molecule has 1 aliphatic rings. The van der Waals surface area contributed by atoms with E-state index in [0.29, 0.717) is 6.61 Å². The van der Waals surface area contributed by atoms with Gasteiger partial charge in [0.15, 0.2) is 0 Å². The molecule has 4 nitrogen and oxygen atoms in total. The fourth-order valence-electron chi connectivity index (χ4n) is 2.62. The lowest BCUT2D eigenvalue weighted by molar-refractivity contribution is -0.130. The monoisotopic (exact) mass is 340 g/mol. The van der Waals surface area contributed by atoms with Gasteiger partial charge in [0.2, 0.25) is 5.91 Å². The van der Waals surface area contributed by atoms with Crippen molar-refractivity contribution in [3.8, 4) is 0 Å². The van der Waals surface area contributed by atoms with Gasteiger partial charge in [-0.05, 0) is 60.4 Å². The lowest BCUT2D eigenvalue weighted by atomic mass is 9.78. The molecular formula is C15H21BrN2O2. The van der Waals surface area contributed by atoms with Crippen LogP contribution in [0.25, 0.3) is 0 Å². The molecule has 0 aromatic heterocycles. The van der Waals surface area contributed by atoms with Crippen LogP contribution >= 0.6 is 15.9 Å². The number of anilines is 1. The first-order valence-electron chi connectivity index (χ1n) is 6.85. The van der Waals surface area contributed by atoms with Gasteiger partial charge >= 0.3 is 0 Å². The smallest absolute Gasteiger partial charge is 0.233 e. The molecule has 1 heterocycles. The molecule has 1 aromatic rings. The van der Waals surface area contributed by atoms with Gasteiger partial charge in [-0.3, -0.25) is 4.79 Å². The standard InChI is InChI=1S/C15H21BrN2O2/c1-11-4-3-5-12(13(11)16)18-14(19)15(10-20-2)6-8-17-9-7-15/h3-5,17H,6-10H2,1-2H3,(H,18,19). The number of hydrogen-bond acceptors (Lipinski definition) is 3. The number of amides is 1. The molecular weight excluding hydrogens is 320 g/mol. The molecule has 0 unspecified atom stereocenters. The largest absolute Gasteiger partial charge is 0.384 e. The molecule has 1 saturated heterocycles. The summed E-state index contributed by atoms with van der Waals surface area (Å²) < 4.78 is 6.24. The lowest BCUT2D eigenvalue weighted by Gasteiger charge is -2.35. The lowest BCUT2D eigenvalue weighted by Crippen LogP contribution is -2.47. The second-order valence-corrected chi connectivity index (χ2v) is 6.15. The maximum absolute atomic E-state index is 12.7. The van der Waals surface area contributed by atoms with Crippen LogP contribution in [0, 0.1) is 12.3 Å². The van der Waals surface area contributed by atoms with Crippen LogP contribution in [0.15, 0.2) is 22.7 Å². The van der Waals surface area contributed by atoms with Crippen molar-refractivity contribution in [3.05, 3.63) is 28.2 Å². The van der Waals surface area contributed by atoms with Crippen molar-refractivity contribution < 1.29 is 9.53 Å². The van der Waals surface area contributed by atoms with E-state index in [2.05, 4.69) is 26.6 Å². The van der Waals surface area contributed by atoms with E-state index in [1.54, 1.807) is 7.11 Å². The molecule has 1 aliphatic heterocycles. The van der Waals surface area contributed by atoms with Crippen molar-refractivity contribution in [2.45, 2.75) is 19.8 Å². The van der Waals surface area contributed by atoms with E-state index < -0.39 is 5.41 Å². The summed E-state index contributed by atoms with van der Waals surface area (Å²) in [5.74, 6) is 0.0483. The molecule has 2 N–H and O–H groups in total. The summed E-state index contributed by atoms with van der Waals surface area (Å²) >= 11 is 3.53. The molecule has 0 saturated carbocycles. The van der Waals surface area contributed by atoms with Crippen molar-refractivity contribution in [1.82, 2.24) is 5.32 Å². The number of aryl methyl sites for hydroxylation is 1. The number of methoxy groups -OCH3 is 1. The van der Waals surface area contributed by atoms with Crippen LogP contribution in [0.1, 0.15) is 18.4 Å². The van der Waals surface area contributed by atoms with Crippen LogP contribution in [-0.4, -0.2) is 32.7 Å². The minimum absolute atomic E-state index is 0.0483. The zero-order valence-corrected chi connectivity index (χ0v) is 13.5. The maximum atomic E-state index is 12.7. The van der Waals surface area contributed by atoms with Crippen LogP contribution in [-0.2, 0) is 9.53 Å². The highest BCUT2D eigenvalue weighted by Gasteiger charge is 2.39. The summed E-state index contributed by atoms with van der Waals surface area (Å²) in [6, 6.07) is 5.87. The molecule has 2 rings (SSSR count). The number of piperidine rings is 1. The fourth-order valence-corrected chi connectivity index (χ4v) is 2.98. The molecule has 1 fully saturated rings. The number of nitrogens with one attached hydrogen (secondary N) is 2. The average Bonchev–Trinajstić information content (AvgIpc) is 2.45. The summed E-state index contributed by atoms with van der Waals surface area (Å²) in [4.78, 5) is 12.7. The molecule has 20 heavy (non-hydrogen) atoms. The SMILES string of the molecule is COCC1(C(=O)Nc2cccc(C)c2Br)CCNCC1. The summed E-state index contributed by atoms with van der Waals surface area (Å²) in [7, 11) is 1.65. The molecule has 0 aliphatic carbocycles. The normalized spacial score (nSPS) is 17.8. The van der Waals surface area contributed by atoms with Crippen LogP contribution in [0.5, 0.6) is 0 Å². The second kappa shape index (κ2) is 6.70. The van der Waals surface area contributed by atoms with Crippen LogP contribution in [0.3, 0.4) is 0 Å². The summed E-state index contributed by atoms with van der Waals surface area (Å²) in [5, 5.41) is 6.35. The zero-order valence-electron chi connectivity index (χ0n) is 12.0. The van der Waals surface area contributed by atoms with Crippen LogP contribution < -0.4 is 10.6 Å². The number of ether oxygens (including phenoxy) is 1. The Morgan fingerprint density at radius 3 is 2.80 bits per heavy atom. The number of carbonyl (C=O) groups excluding carboxylic acids is 1. The van der Waals surface area contributed by atoms with E-state index in [4.69, 9.17) is 4.74 Å². The van der Waals surface area contributed by atoms with E-state index in [1.165, 1.54) is 0 Å². The topological polar surface area (TPSA) is 50.4 Å². The minimum Gasteiger partial charge on any atom is -0.384 e. The number of halogens is 1. The highest BCUT2D eigenvalue weighted by atomic mass is 79.9. The second-order valence-electron chi connectivity index (χ2n) is 5.35. The minimum atomic E-state index is -0.427. The molecule has 0 atom stereocenters. The van der Waals surface area contributed by atoms with Gasteiger partial charge in [0.25, 0.3) is 0 Å². The summed E-state index contributed by atoms with van der Waals surface area (Å²) in [6.07, 6.45) is 1.60. The van der Waals surface area contributed by atoms with Gasteiger partial charge in [-0.15, -0.1) is 0 Å². The third-order valence-corrected chi connectivity index (χ3v) is 4.96. The van der Waals surface area contributed by atoms with Gasteiger partial charge in [-0.2, -0.15) is 0 Å². The molecule has 1 amide bonds. The van der Waals surface area contributed by atoms with Crippen molar-refractivity contribution in [1.29, 1.82) is 0 Å². The Balaban J connectivity index is 2.18. The van der Waals surface area contributed by atoms with Crippen LogP contribution in [0.2, 0.25) is 0 Å². The molecule has 110 valence electrons. The number of rotatable bonds is 4. The first-order chi connectivity index (χ1) is 9.59. The molecule has 0 spiro atoms. The van der Waals surface area contributed by atoms with E-state index in [9.17, 15) is 4.79 Å². The molecule has 0 radical (unpaired) electrons. The number of benzene rings is 1. The highest BCUT2D eigenvalue weighted by molar-refractivity contribution is 9.10. The predicted molar refractivity (Wildman–Crippen MR) is 83.9 cm³/mol. The van der Waals surface area contributed by atoms with Crippen molar-refractivity contribution >= 4 is 27.5 Å². The Morgan fingerprint density at radius 2 is 2.15 bits per heavy atom. The van der Waals surface area contributed by atoms with E-state index in [1.807, 2.05) is 25.1 Å². The third kappa shape index (κ3) is 3.22. The highest BCUT2D eigenvalue weighted by Crippen LogP contribution is 2.33. The number of carbonyl (C=O) groups is 1. The Labute approximate surface area is 128 Å². The van der Waals surface area contributed by atoms with Crippen molar-refractivity contribution in [2.24, 2.45) is 5.41 Å². The molecule has 1 aromatic carbocycles. The third-order valence-electron chi connectivity index (χ3n) is 3.90. The first-order valence-corrected chi connectivity index (χ1v) is 7.64. The Morgan fingerprint density at radius 1 is 1.45 bits per heavy atom. The Kier molecular flexibility index (Phi) is 5.18. The van der Waals surface area contributed by atoms with E-state index in [0.717, 1.165) is 41.7 Å².